The molecule has 0 aromatic rings. The molecular formula is C16H24O2. The summed E-state index contributed by atoms with van der Waals surface area (Å²) in [4.78, 5) is 0. The predicted octanol–water partition coefficient (Wildman–Crippen LogP) is 3.22. The summed E-state index contributed by atoms with van der Waals surface area (Å²) in [7, 11) is 0. The highest BCUT2D eigenvalue weighted by molar-refractivity contribution is 5.18. The number of hydrogen-bond donors (Lipinski definition) is 0. The summed E-state index contributed by atoms with van der Waals surface area (Å²) in [6.45, 7) is 12.5. The van der Waals surface area contributed by atoms with Crippen molar-refractivity contribution < 1.29 is 9.47 Å². The molecule has 2 aliphatic rings. The highest BCUT2D eigenvalue weighted by Crippen LogP contribution is 2.56. The van der Waals surface area contributed by atoms with Crippen LogP contribution < -0.4 is 0 Å². The van der Waals surface area contributed by atoms with E-state index in [1.165, 1.54) is 6.42 Å². The second kappa shape index (κ2) is 5.85. The summed E-state index contributed by atoms with van der Waals surface area (Å²) in [5.74, 6) is 1.93. The summed E-state index contributed by atoms with van der Waals surface area (Å²) in [5, 5.41) is 0. The molecule has 1 fully saturated rings. The van der Waals surface area contributed by atoms with Gasteiger partial charge in [0.25, 0.3) is 0 Å². The third-order valence-corrected chi connectivity index (χ3v) is 4.62. The first-order valence-corrected chi connectivity index (χ1v) is 6.80. The smallest absolute Gasteiger partial charge is 0.0645 e. The van der Waals surface area contributed by atoms with E-state index in [-0.39, 0.29) is 5.41 Å². The van der Waals surface area contributed by atoms with Gasteiger partial charge in [-0.05, 0) is 24.2 Å². The third kappa shape index (κ3) is 2.32. The van der Waals surface area contributed by atoms with E-state index in [1.807, 2.05) is 12.2 Å². The normalized spacial score (nSPS) is 31.7. The first-order chi connectivity index (χ1) is 8.74. The van der Waals surface area contributed by atoms with Gasteiger partial charge in [0.1, 0.15) is 0 Å². The molecule has 0 N–H and O–H groups in total. The quantitative estimate of drug-likeness (QED) is 0.485. The summed E-state index contributed by atoms with van der Waals surface area (Å²) < 4.78 is 11.5. The highest BCUT2D eigenvalue weighted by Gasteiger charge is 2.54. The Hall–Kier alpha value is -0.860. The Labute approximate surface area is 110 Å². The molecule has 2 bridgehead atoms. The van der Waals surface area contributed by atoms with Crippen molar-refractivity contribution >= 4 is 0 Å². The zero-order valence-electron chi connectivity index (χ0n) is 11.3. The van der Waals surface area contributed by atoms with E-state index in [1.54, 1.807) is 0 Å². The fourth-order valence-corrected chi connectivity index (χ4v) is 3.47. The van der Waals surface area contributed by atoms with Crippen LogP contribution in [0.5, 0.6) is 0 Å². The lowest BCUT2D eigenvalue weighted by molar-refractivity contribution is -0.0494. The average Bonchev–Trinajstić information content (AvgIpc) is 2.94. The van der Waals surface area contributed by atoms with Crippen molar-refractivity contribution in [2.45, 2.75) is 13.3 Å². The van der Waals surface area contributed by atoms with Gasteiger partial charge in [-0.2, -0.15) is 0 Å². The molecule has 18 heavy (non-hydrogen) atoms. The number of rotatable bonds is 8. The number of fused-ring (bicyclic) bond motifs is 2. The first kappa shape index (κ1) is 13.6. The van der Waals surface area contributed by atoms with Gasteiger partial charge >= 0.3 is 0 Å². The fourth-order valence-electron chi connectivity index (χ4n) is 3.47. The maximum absolute atomic E-state index is 5.77. The molecular weight excluding hydrogens is 224 g/mol. The van der Waals surface area contributed by atoms with Gasteiger partial charge < -0.3 is 9.47 Å². The van der Waals surface area contributed by atoms with Crippen molar-refractivity contribution in [3.8, 4) is 0 Å². The van der Waals surface area contributed by atoms with Gasteiger partial charge in [0.2, 0.25) is 0 Å². The number of hydrogen-bond acceptors (Lipinski definition) is 2. The van der Waals surface area contributed by atoms with Crippen LogP contribution in [0, 0.1) is 23.2 Å². The summed E-state index contributed by atoms with van der Waals surface area (Å²) in [6, 6.07) is 0. The first-order valence-electron chi connectivity index (χ1n) is 6.80. The Morgan fingerprint density at radius 2 is 1.78 bits per heavy atom. The minimum Gasteiger partial charge on any atom is -0.377 e. The molecule has 0 radical (unpaired) electrons. The Morgan fingerprint density at radius 1 is 1.17 bits per heavy atom. The van der Waals surface area contributed by atoms with E-state index in [9.17, 15) is 0 Å². The fraction of sp³-hybridized carbons (Fsp3) is 0.625. The molecule has 2 heteroatoms. The Balaban J connectivity index is 2.04. The molecule has 0 aliphatic heterocycles. The van der Waals surface area contributed by atoms with E-state index in [2.05, 4.69) is 32.2 Å². The van der Waals surface area contributed by atoms with Crippen LogP contribution in [0.4, 0.5) is 0 Å². The van der Waals surface area contributed by atoms with Gasteiger partial charge in [0.05, 0.1) is 26.4 Å². The third-order valence-electron chi connectivity index (χ3n) is 4.62. The number of allylic oxidation sites excluding steroid dienone is 2. The molecule has 2 nitrogen and oxygen atoms in total. The van der Waals surface area contributed by atoms with Gasteiger partial charge in [0, 0.05) is 5.41 Å². The summed E-state index contributed by atoms with van der Waals surface area (Å²) in [5.41, 5.74) is 0.144. The molecule has 0 saturated heterocycles. The van der Waals surface area contributed by atoms with Crippen LogP contribution in [0.1, 0.15) is 13.3 Å². The average molecular weight is 248 g/mol. The van der Waals surface area contributed by atoms with Crippen molar-refractivity contribution in [2.24, 2.45) is 23.2 Å². The molecule has 0 aromatic heterocycles. The lowest BCUT2D eigenvalue weighted by Crippen LogP contribution is -2.42. The maximum Gasteiger partial charge on any atom is 0.0645 e. The van der Waals surface area contributed by atoms with Gasteiger partial charge in [-0.15, -0.1) is 13.2 Å². The standard InChI is InChI=1S/C16H24O2/c1-4-8-17-11-16(12-18-9-5-2)13(3)14-6-7-15(16)10-14/h4-7,13-15H,1-2,8-12H2,3H3. The van der Waals surface area contributed by atoms with Crippen molar-refractivity contribution in [2.75, 3.05) is 26.4 Å². The minimum absolute atomic E-state index is 0.144. The van der Waals surface area contributed by atoms with Crippen molar-refractivity contribution in [3.05, 3.63) is 37.5 Å². The van der Waals surface area contributed by atoms with Crippen molar-refractivity contribution in [1.29, 1.82) is 0 Å². The molecule has 0 spiro atoms. The molecule has 3 unspecified atom stereocenters. The zero-order chi connectivity index (χ0) is 13.0. The van der Waals surface area contributed by atoms with E-state index in [0.29, 0.717) is 31.0 Å². The topological polar surface area (TPSA) is 18.5 Å². The molecule has 0 heterocycles. The van der Waals surface area contributed by atoms with Crippen LogP contribution in [0.15, 0.2) is 37.5 Å². The van der Waals surface area contributed by atoms with E-state index < -0.39 is 0 Å². The van der Waals surface area contributed by atoms with Crippen LogP contribution in [0.3, 0.4) is 0 Å². The molecule has 0 amide bonds. The molecule has 1 saturated carbocycles. The van der Waals surface area contributed by atoms with Crippen LogP contribution in [-0.2, 0) is 9.47 Å². The van der Waals surface area contributed by atoms with E-state index in [0.717, 1.165) is 13.2 Å². The summed E-state index contributed by atoms with van der Waals surface area (Å²) >= 11 is 0. The molecule has 2 rings (SSSR count). The SMILES string of the molecule is C=CCOCC1(COCC=C)C2C=CC(C2)C1C. The van der Waals surface area contributed by atoms with Crippen LogP contribution in [0.25, 0.3) is 0 Å². The number of ether oxygens (including phenoxy) is 2. The molecule has 2 aliphatic carbocycles. The predicted molar refractivity (Wildman–Crippen MR) is 74.4 cm³/mol. The second-order valence-electron chi connectivity index (χ2n) is 5.52. The van der Waals surface area contributed by atoms with E-state index >= 15 is 0 Å². The zero-order valence-corrected chi connectivity index (χ0v) is 11.3. The lowest BCUT2D eigenvalue weighted by atomic mass is 9.70. The van der Waals surface area contributed by atoms with Crippen LogP contribution in [-0.4, -0.2) is 26.4 Å². The van der Waals surface area contributed by atoms with Crippen LogP contribution in [0.2, 0.25) is 0 Å². The molecule has 3 atom stereocenters. The van der Waals surface area contributed by atoms with Gasteiger partial charge in [-0.3, -0.25) is 0 Å². The Kier molecular flexibility index (Phi) is 4.41. The van der Waals surface area contributed by atoms with Crippen LogP contribution >= 0.6 is 0 Å². The highest BCUT2D eigenvalue weighted by atomic mass is 16.5. The van der Waals surface area contributed by atoms with Gasteiger partial charge in [-0.25, -0.2) is 0 Å². The monoisotopic (exact) mass is 248 g/mol. The minimum atomic E-state index is 0.144. The van der Waals surface area contributed by atoms with Crippen molar-refractivity contribution in [3.63, 3.8) is 0 Å². The van der Waals surface area contributed by atoms with Gasteiger partial charge in [0.15, 0.2) is 0 Å². The maximum atomic E-state index is 5.77. The summed E-state index contributed by atoms with van der Waals surface area (Å²) in [6.07, 6.45) is 9.61. The Morgan fingerprint density at radius 3 is 2.22 bits per heavy atom. The largest absolute Gasteiger partial charge is 0.377 e. The Bertz CT molecular complexity index is 318. The van der Waals surface area contributed by atoms with Crippen molar-refractivity contribution in [1.82, 2.24) is 0 Å². The lowest BCUT2D eigenvalue weighted by Gasteiger charge is -2.40. The molecule has 0 aromatic carbocycles. The molecule has 100 valence electrons. The van der Waals surface area contributed by atoms with Gasteiger partial charge in [-0.1, -0.05) is 31.2 Å². The van der Waals surface area contributed by atoms with E-state index in [4.69, 9.17) is 9.47 Å². The second-order valence-corrected chi connectivity index (χ2v) is 5.52.